The molecular weight excluding hydrogens is 228 g/mol. The van der Waals surface area contributed by atoms with Crippen molar-refractivity contribution in [2.45, 2.75) is 56.7 Å². The average molecular weight is 256 g/mol. The van der Waals surface area contributed by atoms with Crippen LogP contribution < -0.4 is 5.32 Å². The molecule has 0 radical (unpaired) electrons. The van der Waals surface area contributed by atoms with Crippen LogP contribution >= 0.6 is 11.8 Å². The number of thioether (sulfide) groups is 1. The summed E-state index contributed by atoms with van der Waals surface area (Å²) in [5, 5.41) is 4.59. The van der Waals surface area contributed by atoms with E-state index in [-0.39, 0.29) is 0 Å². The van der Waals surface area contributed by atoms with Crippen molar-refractivity contribution < 1.29 is 0 Å². The lowest BCUT2D eigenvalue weighted by Gasteiger charge is -2.30. The Morgan fingerprint density at radius 1 is 1.12 bits per heavy atom. The van der Waals surface area contributed by atoms with E-state index in [0.717, 1.165) is 11.3 Å². The van der Waals surface area contributed by atoms with E-state index < -0.39 is 0 Å². The second kappa shape index (κ2) is 7.65. The molecule has 2 heterocycles. The molecule has 0 aromatic rings. The highest BCUT2D eigenvalue weighted by atomic mass is 32.2. The lowest BCUT2D eigenvalue weighted by atomic mass is 10.1. The second-order valence-corrected chi connectivity index (χ2v) is 7.02. The molecule has 1 N–H and O–H groups in total. The van der Waals surface area contributed by atoms with Gasteiger partial charge in [0.15, 0.2) is 0 Å². The predicted molar refractivity (Wildman–Crippen MR) is 77.9 cm³/mol. The number of hydrogen-bond donors (Lipinski definition) is 1. The van der Waals surface area contributed by atoms with Gasteiger partial charge in [-0.1, -0.05) is 19.8 Å². The fourth-order valence-corrected chi connectivity index (χ4v) is 4.13. The Hall–Kier alpha value is 0.270. The molecule has 2 nitrogen and oxygen atoms in total. The first-order chi connectivity index (χ1) is 8.36. The third-order valence-corrected chi connectivity index (χ3v) is 5.52. The molecule has 0 aromatic heterocycles. The molecule has 0 saturated carbocycles. The molecule has 2 fully saturated rings. The molecule has 3 heteroatoms. The quantitative estimate of drug-likeness (QED) is 0.832. The molecule has 0 bridgehead atoms. The topological polar surface area (TPSA) is 15.3 Å². The first-order valence-electron chi connectivity index (χ1n) is 7.43. The minimum atomic E-state index is 0.765. The third-order valence-electron chi connectivity index (χ3n) is 4.14. The van der Waals surface area contributed by atoms with Crippen LogP contribution in [0.2, 0.25) is 0 Å². The Kier molecular flexibility index (Phi) is 6.16. The van der Waals surface area contributed by atoms with Gasteiger partial charge in [-0.2, -0.15) is 11.8 Å². The van der Waals surface area contributed by atoms with E-state index in [2.05, 4.69) is 28.9 Å². The fourth-order valence-electron chi connectivity index (χ4n) is 2.96. The highest BCUT2D eigenvalue weighted by Crippen LogP contribution is 2.24. The van der Waals surface area contributed by atoms with E-state index in [1.54, 1.807) is 0 Å². The second-order valence-electron chi connectivity index (χ2n) is 5.53. The summed E-state index contributed by atoms with van der Waals surface area (Å²) in [6.45, 7) is 7.49. The monoisotopic (exact) mass is 256 g/mol. The number of hydrogen-bond acceptors (Lipinski definition) is 3. The Labute approximate surface area is 111 Å². The summed E-state index contributed by atoms with van der Waals surface area (Å²) >= 11 is 2.14. The lowest BCUT2D eigenvalue weighted by molar-refractivity contribution is 0.277. The summed E-state index contributed by atoms with van der Waals surface area (Å²) in [4.78, 5) is 2.65. The van der Waals surface area contributed by atoms with Gasteiger partial charge in [-0.3, -0.25) is 0 Å². The van der Waals surface area contributed by atoms with Gasteiger partial charge in [0.2, 0.25) is 0 Å². The normalized spacial score (nSPS) is 32.3. The zero-order chi connectivity index (χ0) is 11.9. The Morgan fingerprint density at radius 3 is 2.59 bits per heavy atom. The Bertz CT molecular complexity index is 202. The Morgan fingerprint density at radius 2 is 1.88 bits per heavy atom. The van der Waals surface area contributed by atoms with E-state index in [1.165, 1.54) is 70.5 Å². The summed E-state index contributed by atoms with van der Waals surface area (Å²) in [6, 6.07) is 0.765. The predicted octanol–water partition coefficient (Wildman–Crippen LogP) is 2.74. The van der Waals surface area contributed by atoms with Crippen molar-refractivity contribution in [3.05, 3.63) is 0 Å². The van der Waals surface area contributed by atoms with E-state index in [1.807, 2.05) is 0 Å². The van der Waals surface area contributed by atoms with Crippen molar-refractivity contribution in [1.82, 2.24) is 10.2 Å². The smallest absolute Gasteiger partial charge is 0.0184 e. The van der Waals surface area contributed by atoms with Crippen LogP contribution in [-0.4, -0.2) is 48.1 Å². The maximum Gasteiger partial charge on any atom is 0.0184 e. The van der Waals surface area contributed by atoms with Crippen molar-refractivity contribution in [2.24, 2.45) is 0 Å². The third kappa shape index (κ3) is 4.80. The van der Waals surface area contributed by atoms with Crippen LogP contribution in [0.25, 0.3) is 0 Å². The minimum absolute atomic E-state index is 0.765. The average Bonchev–Trinajstić information content (AvgIpc) is 2.60. The molecular formula is C14H28N2S. The van der Waals surface area contributed by atoms with Crippen molar-refractivity contribution in [3.63, 3.8) is 0 Å². The zero-order valence-electron chi connectivity index (χ0n) is 11.3. The number of rotatable bonds is 4. The standard InChI is InChI=1S/C14H28N2S/c1-13-14(7-6-12-17-13)15-8-11-16-9-4-2-3-5-10-16/h13-15H,2-12H2,1H3. The van der Waals surface area contributed by atoms with Crippen LogP contribution in [0.1, 0.15) is 45.4 Å². The van der Waals surface area contributed by atoms with Gasteiger partial charge in [0.05, 0.1) is 0 Å². The zero-order valence-corrected chi connectivity index (χ0v) is 12.1. The van der Waals surface area contributed by atoms with Gasteiger partial charge in [-0.15, -0.1) is 0 Å². The largest absolute Gasteiger partial charge is 0.312 e. The van der Waals surface area contributed by atoms with Crippen molar-refractivity contribution >= 4 is 11.8 Å². The molecule has 0 amide bonds. The van der Waals surface area contributed by atoms with Crippen molar-refractivity contribution in [1.29, 1.82) is 0 Å². The summed E-state index contributed by atoms with van der Waals surface area (Å²) in [5.74, 6) is 1.37. The molecule has 2 aliphatic heterocycles. The van der Waals surface area contributed by atoms with Crippen LogP contribution in [0.15, 0.2) is 0 Å². The molecule has 0 aliphatic carbocycles. The summed E-state index contributed by atoms with van der Waals surface area (Å²) < 4.78 is 0. The number of likely N-dealkylation sites (tertiary alicyclic amines) is 1. The van der Waals surface area contributed by atoms with Crippen LogP contribution in [0.5, 0.6) is 0 Å². The van der Waals surface area contributed by atoms with E-state index in [4.69, 9.17) is 0 Å². The van der Waals surface area contributed by atoms with Gasteiger partial charge in [0, 0.05) is 24.4 Å². The van der Waals surface area contributed by atoms with Gasteiger partial charge in [-0.25, -0.2) is 0 Å². The van der Waals surface area contributed by atoms with E-state index >= 15 is 0 Å². The van der Waals surface area contributed by atoms with Gasteiger partial charge in [0.25, 0.3) is 0 Å². The van der Waals surface area contributed by atoms with Gasteiger partial charge in [0.1, 0.15) is 0 Å². The molecule has 2 aliphatic rings. The SMILES string of the molecule is CC1SCCCC1NCCN1CCCCCC1. The molecule has 2 unspecified atom stereocenters. The van der Waals surface area contributed by atoms with Crippen LogP contribution in [0.4, 0.5) is 0 Å². The van der Waals surface area contributed by atoms with Crippen molar-refractivity contribution in [2.75, 3.05) is 31.9 Å². The molecule has 17 heavy (non-hydrogen) atoms. The molecule has 2 atom stereocenters. The van der Waals surface area contributed by atoms with E-state index in [9.17, 15) is 0 Å². The highest BCUT2D eigenvalue weighted by Gasteiger charge is 2.21. The number of nitrogens with one attached hydrogen (secondary N) is 1. The lowest BCUT2D eigenvalue weighted by Crippen LogP contribution is -2.43. The van der Waals surface area contributed by atoms with Crippen LogP contribution in [0, 0.1) is 0 Å². The van der Waals surface area contributed by atoms with Crippen LogP contribution in [0.3, 0.4) is 0 Å². The number of nitrogens with zero attached hydrogens (tertiary/aromatic N) is 1. The molecule has 0 spiro atoms. The first-order valence-corrected chi connectivity index (χ1v) is 8.48. The highest BCUT2D eigenvalue weighted by molar-refractivity contribution is 7.99. The molecule has 2 saturated heterocycles. The molecule has 0 aromatic carbocycles. The van der Waals surface area contributed by atoms with E-state index in [0.29, 0.717) is 0 Å². The minimum Gasteiger partial charge on any atom is -0.312 e. The summed E-state index contributed by atoms with van der Waals surface area (Å²) in [6.07, 6.45) is 8.50. The maximum atomic E-state index is 3.78. The maximum absolute atomic E-state index is 3.78. The van der Waals surface area contributed by atoms with Gasteiger partial charge < -0.3 is 10.2 Å². The van der Waals surface area contributed by atoms with Gasteiger partial charge in [-0.05, 0) is 44.5 Å². The van der Waals surface area contributed by atoms with Crippen LogP contribution in [-0.2, 0) is 0 Å². The summed E-state index contributed by atoms with van der Waals surface area (Å²) in [5.41, 5.74) is 0. The first kappa shape index (κ1) is 13.7. The fraction of sp³-hybridized carbons (Fsp3) is 1.00. The summed E-state index contributed by atoms with van der Waals surface area (Å²) in [7, 11) is 0. The van der Waals surface area contributed by atoms with Gasteiger partial charge >= 0.3 is 0 Å². The Balaban J connectivity index is 1.60. The molecule has 100 valence electrons. The molecule has 2 rings (SSSR count). The van der Waals surface area contributed by atoms with Crippen molar-refractivity contribution in [3.8, 4) is 0 Å².